The number of carbonyl (C=O) groups excluding carboxylic acids is 2. The highest BCUT2D eigenvalue weighted by atomic mass is 32.1. The predicted molar refractivity (Wildman–Crippen MR) is 98.0 cm³/mol. The Hall–Kier alpha value is -2.28. The van der Waals surface area contributed by atoms with Crippen LogP contribution in [0.2, 0.25) is 0 Å². The summed E-state index contributed by atoms with van der Waals surface area (Å²) in [5.41, 5.74) is -0.684. The summed E-state index contributed by atoms with van der Waals surface area (Å²) in [5.74, 6) is -3.51. The zero-order chi connectivity index (χ0) is 19.3. The van der Waals surface area contributed by atoms with Gasteiger partial charge in [-0.3, -0.25) is 9.59 Å². The molecule has 2 rings (SSSR count). The van der Waals surface area contributed by atoms with Gasteiger partial charge >= 0.3 is 0 Å². The maximum absolute atomic E-state index is 13.8. The zero-order valence-corrected chi connectivity index (χ0v) is 15.8. The largest absolute Gasteiger partial charge is 0.349 e. The number of halogens is 2. The average Bonchev–Trinajstić information content (AvgIpc) is 3.05. The number of amides is 2. The molecule has 0 radical (unpaired) electrons. The van der Waals surface area contributed by atoms with Crippen LogP contribution >= 0.6 is 11.3 Å². The Morgan fingerprint density at radius 1 is 1.08 bits per heavy atom. The molecule has 7 heteroatoms. The van der Waals surface area contributed by atoms with E-state index in [2.05, 4.69) is 17.6 Å². The van der Waals surface area contributed by atoms with E-state index >= 15 is 0 Å². The highest BCUT2D eigenvalue weighted by Gasteiger charge is 2.27. The molecule has 0 aliphatic carbocycles. The van der Waals surface area contributed by atoms with Gasteiger partial charge in [0.25, 0.3) is 5.91 Å². The number of rotatable bonds is 7. The maximum Gasteiger partial charge on any atom is 0.257 e. The van der Waals surface area contributed by atoms with Gasteiger partial charge in [-0.1, -0.05) is 26.8 Å². The van der Waals surface area contributed by atoms with Gasteiger partial charge in [-0.2, -0.15) is 0 Å². The highest BCUT2D eigenvalue weighted by Crippen LogP contribution is 2.17. The minimum Gasteiger partial charge on any atom is -0.349 e. The first-order valence-corrected chi connectivity index (χ1v) is 9.25. The van der Waals surface area contributed by atoms with Crippen LogP contribution in [0.1, 0.15) is 40.9 Å². The summed E-state index contributed by atoms with van der Waals surface area (Å²) < 4.78 is 27.5. The van der Waals surface area contributed by atoms with Crippen molar-refractivity contribution in [3.8, 4) is 0 Å². The Morgan fingerprint density at radius 3 is 2.23 bits per heavy atom. The molecule has 2 aromatic rings. The summed E-state index contributed by atoms with van der Waals surface area (Å²) in [5, 5.41) is 5.21. The summed E-state index contributed by atoms with van der Waals surface area (Å²) in [6.45, 7) is 5.90. The van der Waals surface area contributed by atoms with Crippen LogP contribution < -0.4 is 10.6 Å². The Balaban J connectivity index is 2.05. The number of aryl methyl sites for hydroxylation is 1. The van der Waals surface area contributed by atoms with E-state index in [1.807, 2.05) is 12.1 Å². The molecule has 1 aromatic heterocycles. The van der Waals surface area contributed by atoms with Crippen molar-refractivity contribution in [2.24, 2.45) is 5.92 Å². The molecule has 2 amide bonds. The molecule has 1 heterocycles. The van der Waals surface area contributed by atoms with Crippen molar-refractivity contribution in [1.82, 2.24) is 10.6 Å². The third kappa shape index (κ3) is 4.88. The van der Waals surface area contributed by atoms with E-state index in [-0.39, 0.29) is 5.92 Å². The fourth-order valence-electron chi connectivity index (χ4n) is 2.45. The second-order valence-corrected chi connectivity index (χ2v) is 7.48. The third-order valence-electron chi connectivity index (χ3n) is 3.93. The quantitative estimate of drug-likeness (QED) is 0.770. The van der Waals surface area contributed by atoms with E-state index in [4.69, 9.17) is 0 Å². The first-order valence-electron chi connectivity index (χ1n) is 8.43. The second kappa shape index (κ2) is 8.89. The maximum atomic E-state index is 13.8. The van der Waals surface area contributed by atoms with Crippen molar-refractivity contribution >= 4 is 23.2 Å². The lowest BCUT2D eigenvalue weighted by Gasteiger charge is -2.22. The normalized spacial score (nSPS) is 12.1. The van der Waals surface area contributed by atoms with Crippen LogP contribution in [0.5, 0.6) is 0 Å². The molecule has 4 nitrogen and oxygen atoms in total. The van der Waals surface area contributed by atoms with E-state index in [9.17, 15) is 18.4 Å². The minimum absolute atomic E-state index is 0.247. The number of benzene rings is 1. The standard InChI is InChI=1S/C19H22F2N2O2S/c1-4-12-8-9-13(26-12)10-22-19(25)17(11(2)3)23-18(24)16-14(20)6-5-7-15(16)21/h5-9,11,17H,4,10H2,1-3H3,(H,22,25)(H,23,24). The lowest BCUT2D eigenvalue weighted by molar-refractivity contribution is -0.124. The number of thiophene rings is 1. The Morgan fingerprint density at radius 2 is 1.69 bits per heavy atom. The van der Waals surface area contributed by atoms with E-state index in [1.165, 1.54) is 10.9 Å². The molecule has 0 aliphatic rings. The second-order valence-electron chi connectivity index (χ2n) is 6.23. The van der Waals surface area contributed by atoms with Gasteiger partial charge in [-0.15, -0.1) is 11.3 Å². The van der Waals surface area contributed by atoms with Crippen LogP contribution in [0, 0.1) is 17.6 Å². The van der Waals surface area contributed by atoms with E-state index in [0.29, 0.717) is 6.54 Å². The molecule has 1 aromatic carbocycles. The van der Waals surface area contributed by atoms with Gasteiger partial charge in [0.15, 0.2) is 0 Å². The van der Waals surface area contributed by atoms with Gasteiger partial charge < -0.3 is 10.6 Å². The Bertz CT molecular complexity index is 769. The Labute approximate surface area is 155 Å². The zero-order valence-electron chi connectivity index (χ0n) is 14.9. The van der Waals surface area contributed by atoms with Gasteiger partial charge in [-0.05, 0) is 36.6 Å². The van der Waals surface area contributed by atoms with Crippen molar-refractivity contribution in [3.63, 3.8) is 0 Å². The SMILES string of the molecule is CCc1ccc(CNC(=O)C(NC(=O)c2c(F)cccc2F)C(C)C)s1. The van der Waals surface area contributed by atoms with Crippen molar-refractivity contribution in [2.45, 2.75) is 39.8 Å². The van der Waals surface area contributed by atoms with Gasteiger partial charge in [0.1, 0.15) is 23.2 Å². The lowest BCUT2D eigenvalue weighted by Crippen LogP contribution is -2.49. The third-order valence-corrected chi connectivity index (χ3v) is 5.16. The first kappa shape index (κ1) is 20.0. The molecule has 140 valence electrons. The molecule has 1 atom stereocenters. The number of hydrogen-bond donors (Lipinski definition) is 2. The molecule has 0 spiro atoms. The molecule has 0 bridgehead atoms. The van der Waals surface area contributed by atoms with E-state index in [0.717, 1.165) is 23.4 Å². The number of hydrogen-bond acceptors (Lipinski definition) is 3. The summed E-state index contributed by atoms with van der Waals surface area (Å²) >= 11 is 1.61. The fraction of sp³-hybridized carbons (Fsp3) is 0.368. The summed E-state index contributed by atoms with van der Waals surface area (Å²) in [6.07, 6.45) is 0.928. The molecule has 0 fully saturated rings. The molecular formula is C19H22F2N2O2S. The van der Waals surface area contributed by atoms with Crippen molar-refractivity contribution in [1.29, 1.82) is 0 Å². The minimum atomic E-state index is -0.962. The van der Waals surface area contributed by atoms with Crippen molar-refractivity contribution < 1.29 is 18.4 Å². The van der Waals surface area contributed by atoms with Crippen LogP contribution in [-0.2, 0) is 17.8 Å². The van der Waals surface area contributed by atoms with Crippen LogP contribution in [0.25, 0.3) is 0 Å². The van der Waals surface area contributed by atoms with Gasteiger partial charge in [0.05, 0.1) is 6.54 Å². The molecule has 0 aliphatic heterocycles. The first-order chi connectivity index (χ1) is 12.3. The van der Waals surface area contributed by atoms with Crippen LogP contribution in [0.15, 0.2) is 30.3 Å². The monoisotopic (exact) mass is 380 g/mol. The predicted octanol–water partition coefficient (Wildman–Crippen LogP) is 3.66. The Kier molecular flexibility index (Phi) is 6.85. The average molecular weight is 380 g/mol. The van der Waals surface area contributed by atoms with Crippen molar-refractivity contribution in [3.05, 3.63) is 57.3 Å². The van der Waals surface area contributed by atoms with Crippen molar-refractivity contribution in [2.75, 3.05) is 0 Å². The lowest BCUT2D eigenvalue weighted by atomic mass is 10.0. The van der Waals surface area contributed by atoms with Gasteiger partial charge in [-0.25, -0.2) is 8.78 Å². The fourth-order valence-corrected chi connectivity index (χ4v) is 3.35. The number of carbonyl (C=O) groups is 2. The van der Waals surface area contributed by atoms with E-state index < -0.39 is 35.1 Å². The molecular weight excluding hydrogens is 358 g/mol. The van der Waals surface area contributed by atoms with E-state index in [1.54, 1.807) is 25.2 Å². The smallest absolute Gasteiger partial charge is 0.257 e. The van der Waals surface area contributed by atoms with Gasteiger partial charge in [0, 0.05) is 9.75 Å². The molecule has 0 saturated heterocycles. The summed E-state index contributed by atoms with van der Waals surface area (Å²) in [7, 11) is 0. The topological polar surface area (TPSA) is 58.2 Å². The molecule has 26 heavy (non-hydrogen) atoms. The highest BCUT2D eigenvalue weighted by molar-refractivity contribution is 7.11. The van der Waals surface area contributed by atoms with Crippen LogP contribution in [0.3, 0.4) is 0 Å². The molecule has 0 saturated carbocycles. The number of nitrogens with one attached hydrogen (secondary N) is 2. The van der Waals surface area contributed by atoms with Crippen LogP contribution in [-0.4, -0.2) is 17.9 Å². The summed E-state index contributed by atoms with van der Waals surface area (Å²) in [6, 6.07) is 6.25. The molecule has 1 unspecified atom stereocenters. The summed E-state index contributed by atoms with van der Waals surface area (Å²) in [4.78, 5) is 26.9. The van der Waals surface area contributed by atoms with Crippen LogP contribution in [0.4, 0.5) is 8.78 Å². The molecule has 2 N–H and O–H groups in total. The van der Waals surface area contributed by atoms with Gasteiger partial charge in [0.2, 0.25) is 5.91 Å².